The van der Waals surface area contributed by atoms with E-state index in [0.29, 0.717) is 17.7 Å². The van der Waals surface area contributed by atoms with Crippen LogP contribution in [0.1, 0.15) is 31.4 Å². The lowest BCUT2D eigenvalue weighted by Crippen LogP contribution is -2.34. The molecule has 4 nitrogen and oxygen atoms in total. The lowest BCUT2D eigenvalue weighted by atomic mass is 10.1. The summed E-state index contributed by atoms with van der Waals surface area (Å²) in [6.07, 6.45) is 2.27. The van der Waals surface area contributed by atoms with Gasteiger partial charge in [-0.05, 0) is 31.9 Å². The van der Waals surface area contributed by atoms with Crippen LogP contribution in [0, 0.1) is 0 Å². The molecule has 1 aliphatic rings. The quantitative estimate of drug-likeness (QED) is 0.936. The second-order valence-electron chi connectivity index (χ2n) is 5.95. The Morgan fingerprint density at radius 3 is 3.05 bits per heavy atom. The zero-order valence-electron chi connectivity index (χ0n) is 13.1. The molecule has 2 N–H and O–H groups in total. The number of aromatic nitrogens is 1. The van der Waals surface area contributed by atoms with Crippen LogP contribution in [0.15, 0.2) is 24.3 Å². The first-order chi connectivity index (χ1) is 10.6. The summed E-state index contributed by atoms with van der Waals surface area (Å²) in [6.45, 7) is 3.69. The molecule has 3 rings (SSSR count). The minimum atomic E-state index is -0.0744. The van der Waals surface area contributed by atoms with Crippen molar-refractivity contribution in [2.45, 2.75) is 31.8 Å². The predicted molar refractivity (Wildman–Crippen MR) is 91.6 cm³/mol. The number of benzene rings is 1. The van der Waals surface area contributed by atoms with Crippen LogP contribution in [0.4, 0.5) is 5.82 Å². The number of pyridine rings is 1. The maximum atomic E-state index is 6.33. The van der Waals surface area contributed by atoms with Crippen LogP contribution < -0.4 is 10.6 Å². The number of para-hydroxylation sites is 1. The fourth-order valence-electron chi connectivity index (χ4n) is 3.21. The fourth-order valence-corrected chi connectivity index (χ4v) is 3.44. The van der Waals surface area contributed by atoms with Crippen molar-refractivity contribution in [3.8, 4) is 0 Å². The van der Waals surface area contributed by atoms with Gasteiger partial charge in [-0.15, -0.1) is 0 Å². The summed E-state index contributed by atoms with van der Waals surface area (Å²) in [4.78, 5) is 7.19. The molecule has 0 bridgehead atoms. The molecule has 1 aliphatic heterocycles. The number of nitrogens with two attached hydrogens (primary N) is 1. The lowest BCUT2D eigenvalue weighted by Gasteiger charge is -2.28. The third-order valence-electron chi connectivity index (χ3n) is 4.30. The van der Waals surface area contributed by atoms with Crippen molar-refractivity contribution < 1.29 is 4.74 Å². The summed E-state index contributed by atoms with van der Waals surface area (Å²) in [5.41, 5.74) is 8.11. The SMILES string of the molecule is COCC1CCCN1c1nc2c(Cl)cccc2cc1[C@H](C)N. The highest BCUT2D eigenvalue weighted by atomic mass is 35.5. The van der Waals surface area contributed by atoms with Crippen LogP contribution in [0.5, 0.6) is 0 Å². The molecule has 1 aromatic carbocycles. The van der Waals surface area contributed by atoms with Gasteiger partial charge in [-0.25, -0.2) is 4.98 Å². The topological polar surface area (TPSA) is 51.4 Å². The maximum Gasteiger partial charge on any atom is 0.134 e. The van der Waals surface area contributed by atoms with E-state index in [1.54, 1.807) is 7.11 Å². The van der Waals surface area contributed by atoms with E-state index < -0.39 is 0 Å². The summed E-state index contributed by atoms with van der Waals surface area (Å²) in [5.74, 6) is 0.954. The Kier molecular flexibility index (Phi) is 4.52. The van der Waals surface area contributed by atoms with Gasteiger partial charge in [0.15, 0.2) is 0 Å². The molecular weight excluding hydrogens is 298 g/mol. The zero-order chi connectivity index (χ0) is 15.7. The Balaban J connectivity index is 2.14. The monoisotopic (exact) mass is 319 g/mol. The van der Waals surface area contributed by atoms with Crippen molar-refractivity contribution in [3.05, 3.63) is 34.9 Å². The van der Waals surface area contributed by atoms with E-state index in [-0.39, 0.29) is 6.04 Å². The third kappa shape index (κ3) is 2.78. The second-order valence-corrected chi connectivity index (χ2v) is 6.35. The molecule has 2 atom stereocenters. The normalized spacial score (nSPS) is 19.8. The Morgan fingerprint density at radius 1 is 1.50 bits per heavy atom. The molecule has 0 spiro atoms. The maximum absolute atomic E-state index is 6.33. The highest BCUT2D eigenvalue weighted by Crippen LogP contribution is 2.34. The van der Waals surface area contributed by atoms with Gasteiger partial charge in [-0.3, -0.25) is 0 Å². The van der Waals surface area contributed by atoms with Gasteiger partial charge in [0.05, 0.1) is 23.2 Å². The number of anilines is 1. The van der Waals surface area contributed by atoms with Crippen LogP contribution in [-0.2, 0) is 4.74 Å². The summed E-state index contributed by atoms with van der Waals surface area (Å²) >= 11 is 6.33. The van der Waals surface area contributed by atoms with Gasteiger partial charge in [-0.1, -0.05) is 23.7 Å². The molecule has 5 heteroatoms. The molecule has 0 radical (unpaired) electrons. The molecule has 0 saturated carbocycles. The van der Waals surface area contributed by atoms with Gasteiger partial charge in [0.2, 0.25) is 0 Å². The van der Waals surface area contributed by atoms with Gasteiger partial charge in [0.1, 0.15) is 5.82 Å². The van der Waals surface area contributed by atoms with E-state index >= 15 is 0 Å². The van der Waals surface area contributed by atoms with Crippen molar-refractivity contribution in [3.63, 3.8) is 0 Å². The summed E-state index contributed by atoms with van der Waals surface area (Å²) in [6, 6.07) is 8.25. The number of ether oxygens (including phenoxy) is 1. The van der Waals surface area contributed by atoms with Gasteiger partial charge in [0, 0.05) is 30.6 Å². The Hall–Kier alpha value is -1.36. The number of halogens is 1. The van der Waals surface area contributed by atoms with Crippen molar-refractivity contribution in [2.75, 3.05) is 25.2 Å². The summed E-state index contributed by atoms with van der Waals surface area (Å²) in [7, 11) is 1.74. The molecule has 1 aromatic heterocycles. The minimum absolute atomic E-state index is 0.0744. The zero-order valence-corrected chi connectivity index (χ0v) is 13.8. The molecule has 1 fully saturated rings. The second kappa shape index (κ2) is 6.41. The van der Waals surface area contributed by atoms with Gasteiger partial charge in [0.25, 0.3) is 0 Å². The number of hydrogen-bond donors (Lipinski definition) is 1. The smallest absolute Gasteiger partial charge is 0.134 e. The molecule has 1 saturated heterocycles. The van der Waals surface area contributed by atoms with Crippen molar-refractivity contribution >= 4 is 28.3 Å². The first kappa shape index (κ1) is 15.5. The van der Waals surface area contributed by atoms with Crippen LogP contribution in [0.25, 0.3) is 10.9 Å². The van der Waals surface area contributed by atoms with Gasteiger partial charge >= 0.3 is 0 Å². The molecule has 2 heterocycles. The Bertz CT molecular complexity index is 674. The molecular formula is C17H22ClN3O. The largest absolute Gasteiger partial charge is 0.383 e. The molecule has 0 aliphatic carbocycles. The predicted octanol–water partition coefficient (Wildman–Crippen LogP) is 3.52. The van der Waals surface area contributed by atoms with Crippen LogP contribution in [0.3, 0.4) is 0 Å². The average molecular weight is 320 g/mol. The summed E-state index contributed by atoms with van der Waals surface area (Å²) in [5, 5.41) is 1.71. The van der Waals surface area contributed by atoms with E-state index in [2.05, 4.69) is 11.0 Å². The van der Waals surface area contributed by atoms with E-state index in [1.165, 1.54) is 0 Å². The fraction of sp³-hybridized carbons (Fsp3) is 0.471. The van der Waals surface area contributed by atoms with E-state index in [1.807, 2.05) is 25.1 Å². The summed E-state index contributed by atoms with van der Waals surface area (Å²) < 4.78 is 5.36. The Morgan fingerprint density at radius 2 is 2.32 bits per heavy atom. The standard InChI is InChI=1S/C17H22ClN3O/c1-11(19)14-9-12-5-3-7-15(18)16(12)20-17(14)21-8-4-6-13(21)10-22-2/h3,5,7,9,11,13H,4,6,8,10,19H2,1-2H3/t11-,13?/m0/s1. The van der Waals surface area contributed by atoms with E-state index in [9.17, 15) is 0 Å². The highest BCUT2D eigenvalue weighted by molar-refractivity contribution is 6.35. The van der Waals surface area contributed by atoms with Crippen LogP contribution >= 0.6 is 11.6 Å². The first-order valence-electron chi connectivity index (χ1n) is 7.72. The highest BCUT2D eigenvalue weighted by Gasteiger charge is 2.28. The number of hydrogen-bond acceptors (Lipinski definition) is 4. The van der Waals surface area contributed by atoms with Gasteiger partial charge < -0.3 is 15.4 Å². The lowest BCUT2D eigenvalue weighted by molar-refractivity contribution is 0.180. The molecule has 22 heavy (non-hydrogen) atoms. The van der Waals surface area contributed by atoms with Crippen molar-refractivity contribution in [1.29, 1.82) is 0 Å². The number of fused-ring (bicyclic) bond motifs is 1. The van der Waals surface area contributed by atoms with Gasteiger partial charge in [-0.2, -0.15) is 0 Å². The molecule has 1 unspecified atom stereocenters. The number of nitrogens with zero attached hydrogens (tertiary/aromatic N) is 2. The van der Waals surface area contributed by atoms with Crippen LogP contribution in [0.2, 0.25) is 5.02 Å². The minimum Gasteiger partial charge on any atom is -0.383 e. The first-order valence-corrected chi connectivity index (χ1v) is 8.10. The third-order valence-corrected chi connectivity index (χ3v) is 4.61. The van der Waals surface area contributed by atoms with Crippen molar-refractivity contribution in [2.24, 2.45) is 5.73 Å². The molecule has 0 amide bonds. The van der Waals surface area contributed by atoms with E-state index in [4.69, 9.17) is 27.1 Å². The Labute approximate surface area is 136 Å². The molecule has 118 valence electrons. The van der Waals surface area contributed by atoms with Crippen LogP contribution in [-0.4, -0.2) is 31.3 Å². The molecule has 2 aromatic rings. The van der Waals surface area contributed by atoms with Crippen molar-refractivity contribution in [1.82, 2.24) is 4.98 Å². The van der Waals surface area contributed by atoms with E-state index in [0.717, 1.165) is 41.7 Å². The average Bonchev–Trinajstić information content (AvgIpc) is 2.95. The number of methoxy groups -OCH3 is 1. The number of rotatable bonds is 4.